The van der Waals surface area contributed by atoms with E-state index < -0.39 is 6.04 Å². The van der Waals surface area contributed by atoms with Crippen LogP contribution in [0.15, 0.2) is 67.1 Å². The Labute approximate surface area is 172 Å². The Kier molecular flexibility index (Phi) is 5.45. The molecular formula is C23H20FN3O3. The second-order valence-electron chi connectivity index (χ2n) is 6.85. The number of aliphatic hydroxyl groups is 1. The molecule has 0 saturated heterocycles. The Balaban J connectivity index is 1.76. The van der Waals surface area contributed by atoms with Gasteiger partial charge in [-0.2, -0.15) is 0 Å². The molecule has 4 rings (SSSR count). The van der Waals surface area contributed by atoms with Crippen LogP contribution in [0.2, 0.25) is 0 Å². The van der Waals surface area contributed by atoms with Crippen LogP contribution in [0.4, 0.5) is 10.1 Å². The lowest BCUT2D eigenvalue weighted by atomic mass is 9.97. The van der Waals surface area contributed by atoms with Gasteiger partial charge in [-0.05, 0) is 42.0 Å². The molecule has 1 atom stereocenters. The van der Waals surface area contributed by atoms with Gasteiger partial charge in [-0.15, -0.1) is 0 Å². The molecule has 2 heterocycles. The number of hydrogen-bond donors (Lipinski definition) is 3. The molecule has 0 fully saturated rings. The molecule has 7 heteroatoms. The highest BCUT2D eigenvalue weighted by Crippen LogP contribution is 2.29. The number of pyridine rings is 1. The smallest absolute Gasteiger partial charge is 0.191 e. The lowest BCUT2D eigenvalue weighted by molar-refractivity contribution is 0.0971. The van der Waals surface area contributed by atoms with Gasteiger partial charge < -0.3 is 20.1 Å². The van der Waals surface area contributed by atoms with Gasteiger partial charge in [0.15, 0.2) is 5.78 Å². The number of halogens is 1. The van der Waals surface area contributed by atoms with E-state index in [9.17, 15) is 14.3 Å². The summed E-state index contributed by atoms with van der Waals surface area (Å²) < 4.78 is 18.8. The molecule has 0 aliphatic heterocycles. The SMILES string of the molecule is COc1cc(CO)cc(NC(C(=O)c2c[nH]c3cc(F)ccc23)c2cccnc2)c1. The topological polar surface area (TPSA) is 87.2 Å². The van der Waals surface area contributed by atoms with Gasteiger partial charge in [-0.3, -0.25) is 9.78 Å². The number of hydrogen-bond acceptors (Lipinski definition) is 5. The highest BCUT2D eigenvalue weighted by Gasteiger charge is 2.25. The van der Waals surface area contributed by atoms with E-state index in [2.05, 4.69) is 15.3 Å². The number of H-pyrrole nitrogens is 1. The third-order valence-electron chi connectivity index (χ3n) is 4.88. The Morgan fingerprint density at radius 2 is 2.13 bits per heavy atom. The van der Waals surface area contributed by atoms with Crippen LogP contribution >= 0.6 is 0 Å². The molecule has 0 aliphatic carbocycles. The van der Waals surface area contributed by atoms with Crippen molar-refractivity contribution in [3.63, 3.8) is 0 Å². The number of Topliss-reactive ketones (excluding diaryl/α,β-unsaturated/α-hetero) is 1. The first-order valence-electron chi connectivity index (χ1n) is 9.35. The number of aliphatic hydroxyl groups excluding tert-OH is 1. The number of methoxy groups -OCH3 is 1. The van der Waals surface area contributed by atoms with Crippen molar-refractivity contribution in [1.29, 1.82) is 0 Å². The van der Waals surface area contributed by atoms with Crippen molar-refractivity contribution < 1.29 is 19.0 Å². The first-order valence-corrected chi connectivity index (χ1v) is 9.35. The summed E-state index contributed by atoms with van der Waals surface area (Å²) in [5.41, 5.74) is 2.93. The average Bonchev–Trinajstić information content (AvgIpc) is 3.20. The van der Waals surface area contributed by atoms with Crippen LogP contribution < -0.4 is 10.1 Å². The van der Waals surface area contributed by atoms with Crippen LogP contribution in [-0.2, 0) is 6.61 Å². The van der Waals surface area contributed by atoms with Crippen LogP contribution in [0, 0.1) is 5.82 Å². The van der Waals surface area contributed by atoms with Crippen molar-refractivity contribution in [2.45, 2.75) is 12.6 Å². The number of ketones is 1. The van der Waals surface area contributed by atoms with E-state index in [1.807, 2.05) is 6.07 Å². The number of nitrogens with one attached hydrogen (secondary N) is 2. The summed E-state index contributed by atoms with van der Waals surface area (Å²) in [5.74, 6) is -0.0172. The molecule has 2 aromatic heterocycles. The number of anilines is 1. The molecule has 0 spiro atoms. The molecule has 0 aliphatic rings. The number of fused-ring (bicyclic) bond motifs is 1. The molecule has 6 nitrogen and oxygen atoms in total. The zero-order valence-corrected chi connectivity index (χ0v) is 16.2. The van der Waals surface area contributed by atoms with Gasteiger partial charge in [0.05, 0.1) is 13.7 Å². The zero-order valence-electron chi connectivity index (χ0n) is 16.2. The van der Waals surface area contributed by atoms with Crippen LogP contribution in [0.5, 0.6) is 5.75 Å². The maximum atomic E-state index is 13.5. The molecule has 0 radical (unpaired) electrons. The largest absolute Gasteiger partial charge is 0.497 e. The zero-order chi connectivity index (χ0) is 21.1. The fraction of sp³-hybridized carbons (Fsp3) is 0.130. The molecule has 0 bridgehead atoms. The number of nitrogens with zero attached hydrogens (tertiary/aromatic N) is 1. The number of rotatable bonds is 7. The maximum Gasteiger partial charge on any atom is 0.191 e. The lowest BCUT2D eigenvalue weighted by Gasteiger charge is -2.20. The number of carbonyl (C=O) groups excluding carboxylic acids is 1. The van der Waals surface area contributed by atoms with E-state index in [1.54, 1.807) is 48.9 Å². The fourth-order valence-corrected chi connectivity index (χ4v) is 3.42. The highest BCUT2D eigenvalue weighted by atomic mass is 19.1. The number of ether oxygens (including phenoxy) is 1. The van der Waals surface area contributed by atoms with Crippen LogP contribution in [0.1, 0.15) is 27.5 Å². The van der Waals surface area contributed by atoms with E-state index in [4.69, 9.17) is 4.74 Å². The van der Waals surface area contributed by atoms with Crippen molar-refractivity contribution >= 4 is 22.4 Å². The van der Waals surface area contributed by atoms with Crippen molar-refractivity contribution in [2.75, 3.05) is 12.4 Å². The van der Waals surface area contributed by atoms with Gasteiger partial charge in [0, 0.05) is 52.4 Å². The summed E-state index contributed by atoms with van der Waals surface area (Å²) in [6, 6.07) is 12.3. The van der Waals surface area contributed by atoms with Crippen LogP contribution in [0.25, 0.3) is 10.9 Å². The second kappa shape index (κ2) is 8.34. The Morgan fingerprint density at radius 3 is 2.87 bits per heavy atom. The van der Waals surface area contributed by atoms with E-state index in [1.165, 1.54) is 19.2 Å². The summed E-state index contributed by atoms with van der Waals surface area (Å²) in [4.78, 5) is 20.6. The minimum atomic E-state index is -0.749. The van der Waals surface area contributed by atoms with Crippen molar-refractivity contribution in [2.24, 2.45) is 0 Å². The van der Waals surface area contributed by atoms with Crippen molar-refractivity contribution in [1.82, 2.24) is 9.97 Å². The van der Waals surface area contributed by atoms with Crippen molar-refractivity contribution in [3.05, 3.63) is 89.6 Å². The molecule has 0 saturated carbocycles. The number of benzene rings is 2. The highest BCUT2D eigenvalue weighted by molar-refractivity contribution is 6.11. The second-order valence-corrected chi connectivity index (χ2v) is 6.85. The van der Waals surface area contributed by atoms with Gasteiger partial charge in [0.25, 0.3) is 0 Å². The molecule has 30 heavy (non-hydrogen) atoms. The number of aromatic amines is 1. The monoisotopic (exact) mass is 405 g/mol. The summed E-state index contributed by atoms with van der Waals surface area (Å²) in [7, 11) is 1.54. The van der Waals surface area contributed by atoms with E-state index in [-0.39, 0.29) is 18.2 Å². The number of carbonyl (C=O) groups is 1. The molecule has 2 aromatic carbocycles. The summed E-state index contributed by atoms with van der Waals surface area (Å²) in [6.45, 7) is -0.161. The van der Waals surface area contributed by atoms with Gasteiger partial charge in [-0.25, -0.2) is 4.39 Å². The molecule has 4 aromatic rings. The van der Waals surface area contributed by atoms with Crippen LogP contribution in [-0.4, -0.2) is 28.0 Å². The Bertz CT molecular complexity index is 1170. The quantitative estimate of drug-likeness (QED) is 0.401. The van der Waals surface area contributed by atoms with Gasteiger partial charge in [0.1, 0.15) is 17.6 Å². The summed E-state index contributed by atoms with van der Waals surface area (Å²) in [5, 5.41) is 13.4. The summed E-state index contributed by atoms with van der Waals surface area (Å²) in [6.07, 6.45) is 4.84. The predicted molar refractivity (Wildman–Crippen MR) is 112 cm³/mol. The van der Waals surface area contributed by atoms with E-state index >= 15 is 0 Å². The predicted octanol–water partition coefficient (Wildman–Crippen LogP) is 4.24. The first-order chi connectivity index (χ1) is 14.6. The fourth-order valence-electron chi connectivity index (χ4n) is 3.42. The normalized spacial score (nSPS) is 12.0. The number of aromatic nitrogens is 2. The Hall–Kier alpha value is -3.71. The molecular weight excluding hydrogens is 385 g/mol. The van der Waals surface area contributed by atoms with Crippen molar-refractivity contribution in [3.8, 4) is 5.75 Å². The molecule has 0 amide bonds. The van der Waals surface area contributed by atoms with Gasteiger partial charge in [-0.1, -0.05) is 6.07 Å². The third-order valence-corrected chi connectivity index (χ3v) is 4.88. The maximum absolute atomic E-state index is 13.5. The standard InChI is InChI=1S/C23H20FN3O3/c1-30-18-8-14(13-28)7-17(10-18)27-22(15-3-2-6-25-11-15)23(29)20-12-26-21-9-16(24)4-5-19(20)21/h2-12,22,26-28H,13H2,1H3. The first kappa shape index (κ1) is 19.6. The summed E-state index contributed by atoms with van der Waals surface area (Å²) >= 11 is 0. The average molecular weight is 405 g/mol. The van der Waals surface area contributed by atoms with Gasteiger partial charge in [0.2, 0.25) is 0 Å². The Morgan fingerprint density at radius 1 is 1.27 bits per heavy atom. The molecule has 3 N–H and O–H groups in total. The lowest BCUT2D eigenvalue weighted by Crippen LogP contribution is -2.21. The van der Waals surface area contributed by atoms with E-state index in [0.29, 0.717) is 39.0 Å². The van der Waals surface area contributed by atoms with Crippen LogP contribution in [0.3, 0.4) is 0 Å². The molecule has 1 unspecified atom stereocenters. The third kappa shape index (κ3) is 3.88. The molecule has 152 valence electrons. The minimum Gasteiger partial charge on any atom is -0.497 e. The van der Waals surface area contributed by atoms with E-state index in [0.717, 1.165) is 0 Å². The van der Waals surface area contributed by atoms with Gasteiger partial charge >= 0.3 is 0 Å². The minimum absolute atomic E-state index is 0.161.